The lowest BCUT2D eigenvalue weighted by Gasteiger charge is -2.13. The van der Waals surface area contributed by atoms with Gasteiger partial charge in [0, 0.05) is 29.4 Å². The number of aromatic nitrogens is 1. The monoisotopic (exact) mass is 246 g/mol. The van der Waals surface area contributed by atoms with Crippen molar-refractivity contribution in [1.29, 1.82) is 0 Å². The molecule has 4 nitrogen and oxygen atoms in total. The maximum atomic E-state index is 5.33. The van der Waals surface area contributed by atoms with Crippen LogP contribution in [0.2, 0.25) is 0 Å². The largest absolute Gasteiger partial charge is 0.493 e. The summed E-state index contributed by atoms with van der Waals surface area (Å²) in [7, 11) is 3.27. The molecule has 18 heavy (non-hydrogen) atoms. The quantitative estimate of drug-likeness (QED) is 0.900. The first-order valence-corrected chi connectivity index (χ1v) is 5.96. The zero-order valence-electron chi connectivity index (χ0n) is 11.2. The van der Waals surface area contributed by atoms with E-state index in [4.69, 9.17) is 9.47 Å². The normalized spacial score (nSPS) is 10.4. The molecule has 1 heterocycles. The summed E-state index contributed by atoms with van der Waals surface area (Å²) in [6.07, 6.45) is 0. The zero-order valence-corrected chi connectivity index (χ0v) is 11.2. The standard InChI is InChI=1S/C14H18N2O2/c1-5-15-11-6-9(2)16-12-8-14(18-4)13(17-3)7-10(11)12/h6-8H,5H2,1-4H3,(H,15,16). The lowest BCUT2D eigenvalue weighted by molar-refractivity contribution is 0.356. The fourth-order valence-corrected chi connectivity index (χ4v) is 2.02. The Labute approximate surface area is 107 Å². The van der Waals surface area contributed by atoms with E-state index in [2.05, 4.69) is 17.2 Å². The van der Waals surface area contributed by atoms with Gasteiger partial charge in [-0.2, -0.15) is 0 Å². The first-order chi connectivity index (χ1) is 8.69. The summed E-state index contributed by atoms with van der Waals surface area (Å²) in [5, 5.41) is 4.39. The number of benzene rings is 1. The van der Waals surface area contributed by atoms with Crippen LogP contribution in [0.25, 0.3) is 10.9 Å². The molecule has 0 spiro atoms. The number of ether oxygens (including phenoxy) is 2. The minimum absolute atomic E-state index is 0.700. The van der Waals surface area contributed by atoms with Crippen molar-refractivity contribution >= 4 is 16.6 Å². The van der Waals surface area contributed by atoms with Crippen LogP contribution in [0.15, 0.2) is 18.2 Å². The molecule has 0 amide bonds. The van der Waals surface area contributed by atoms with Gasteiger partial charge in [0.1, 0.15) is 0 Å². The summed E-state index contributed by atoms with van der Waals surface area (Å²) in [4.78, 5) is 4.53. The van der Waals surface area contributed by atoms with Crippen LogP contribution >= 0.6 is 0 Å². The number of hydrogen-bond acceptors (Lipinski definition) is 4. The molecule has 0 aliphatic carbocycles. The number of hydrogen-bond donors (Lipinski definition) is 1. The molecule has 0 fully saturated rings. The molecular weight excluding hydrogens is 228 g/mol. The van der Waals surface area contributed by atoms with Gasteiger partial charge in [0.25, 0.3) is 0 Å². The van der Waals surface area contributed by atoms with Crippen LogP contribution in [-0.4, -0.2) is 25.7 Å². The van der Waals surface area contributed by atoms with Crippen molar-refractivity contribution in [3.63, 3.8) is 0 Å². The van der Waals surface area contributed by atoms with Crippen molar-refractivity contribution in [1.82, 2.24) is 4.98 Å². The average Bonchev–Trinajstić information content (AvgIpc) is 2.37. The average molecular weight is 246 g/mol. The number of pyridine rings is 1. The molecule has 1 aromatic carbocycles. The summed E-state index contributed by atoms with van der Waals surface area (Å²) >= 11 is 0. The summed E-state index contributed by atoms with van der Waals surface area (Å²) in [5.74, 6) is 1.42. The molecule has 1 N–H and O–H groups in total. The van der Waals surface area contributed by atoms with Gasteiger partial charge in [-0.3, -0.25) is 4.98 Å². The van der Waals surface area contributed by atoms with Gasteiger partial charge in [-0.1, -0.05) is 0 Å². The van der Waals surface area contributed by atoms with Gasteiger partial charge in [0.05, 0.1) is 19.7 Å². The van der Waals surface area contributed by atoms with Crippen molar-refractivity contribution in [2.45, 2.75) is 13.8 Å². The molecule has 1 aromatic heterocycles. The van der Waals surface area contributed by atoms with Crippen molar-refractivity contribution in [2.75, 3.05) is 26.1 Å². The number of aryl methyl sites for hydroxylation is 1. The smallest absolute Gasteiger partial charge is 0.162 e. The van der Waals surface area contributed by atoms with Crippen LogP contribution in [-0.2, 0) is 0 Å². The fraction of sp³-hybridized carbons (Fsp3) is 0.357. The van der Waals surface area contributed by atoms with Crippen LogP contribution in [0, 0.1) is 6.92 Å². The van der Waals surface area contributed by atoms with Gasteiger partial charge in [-0.15, -0.1) is 0 Å². The van der Waals surface area contributed by atoms with Crippen molar-refractivity contribution < 1.29 is 9.47 Å². The number of fused-ring (bicyclic) bond motifs is 1. The number of methoxy groups -OCH3 is 2. The van der Waals surface area contributed by atoms with Crippen molar-refractivity contribution in [2.24, 2.45) is 0 Å². The SMILES string of the molecule is CCNc1cc(C)nc2cc(OC)c(OC)cc12. The third-order valence-electron chi connectivity index (χ3n) is 2.81. The van der Waals surface area contributed by atoms with Gasteiger partial charge in [0.2, 0.25) is 0 Å². The van der Waals surface area contributed by atoms with E-state index in [1.165, 1.54) is 0 Å². The van der Waals surface area contributed by atoms with Gasteiger partial charge < -0.3 is 14.8 Å². The molecule has 0 atom stereocenters. The van der Waals surface area contributed by atoms with E-state index >= 15 is 0 Å². The Morgan fingerprint density at radius 3 is 2.39 bits per heavy atom. The summed E-state index contributed by atoms with van der Waals surface area (Å²) in [5.41, 5.74) is 2.95. The molecule has 0 aliphatic rings. The minimum Gasteiger partial charge on any atom is -0.493 e. The molecule has 0 bridgehead atoms. The Hall–Kier alpha value is -1.97. The number of anilines is 1. The molecule has 0 saturated heterocycles. The van der Waals surface area contributed by atoms with Crippen LogP contribution in [0.3, 0.4) is 0 Å². The second-order valence-corrected chi connectivity index (χ2v) is 4.07. The zero-order chi connectivity index (χ0) is 13.1. The summed E-state index contributed by atoms with van der Waals surface area (Å²) < 4.78 is 10.6. The molecule has 0 saturated carbocycles. The Kier molecular flexibility index (Phi) is 3.55. The van der Waals surface area contributed by atoms with Crippen LogP contribution < -0.4 is 14.8 Å². The maximum absolute atomic E-state index is 5.33. The highest BCUT2D eigenvalue weighted by molar-refractivity contribution is 5.93. The van der Waals surface area contributed by atoms with Crippen molar-refractivity contribution in [3.05, 3.63) is 23.9 Å². The Bertz CT molecular complexity index is 567. The Morgan fingerprint density at radius 1 is 1.11 bits per heavy atom. The predicted molar refractivity (Wildman–Crippen MR) is 73.7 cm³/mol. The molecule has 96 valence electrons. The molecule has 0 aliphatic heterocycles. The van der Waals surface area contributed by atoms with Crippen LogP contribution in [0.5, 0.6) is 11.5 Å². The molecule has 0 radical (unpaired) electrons. The van der Waals surface area contributed by atoms with E-state index in [0.717, 1.165) is 34.6 Å². The van der Waals surface area contributed by atoms with Gasteiger partial charge >= 0.3 is 0 Å². The van der Waals surface area contributed by atoms with E-state index in [-0.39, 0.29) is 0 Å². The highest BCUT2D eigenvalue weighted by Crippen LogP contribution is 2.34. The number of rotatable bonds is 4. The lowest BCUT2D eigenvalue weighted by atomic mass is 10.1. The second kappa shape index (κ2) is 5.12. The fourth-order valence-electron chi connectivity index (χ4n) is 2.02. The Balaban J connectivity index is 2.70. The molecular formula is C14H18N2O2. The number of nitrogens with one attached hydrogen (secondary N) is 1. The topological polar surface area (TPSA) is 43.4 Å². The summed E-state index contributed by atoms with van der Waals surface area (Å²) in [6.45, 7) is 4.92. The van der Waals surface area contributed by atoms with Crippen LogP contribution in [0.4, 0.5) is 5.69 Å². The molecule has 2 rings (SSSR count). The van der Waals surface area contributed by atoms with Gasteiger partial charge in [0.15, 0.2) is 11.5 Å². The van der Waals surface area contributed by atoms with E-state index in [9.17, 15) is 0 Å². The first kappa shape index (κ1) is 12.5. The van der Waals surface area contributed by atoms with E-state index in [0.29, 0.717) is 5.75 Å². The lowest BCUT2D eigenvalue weighted by Crippen LogP contribution is -2.00. The van der Waals surface area contributed by atoms with Crippen LogP contribution in [0.1, 0.15) is 12.6 Å². The predicted octanol–water partition coefficient (Wildman–Crippen LogP) is 2.99. The maximum Gasteiger partial charge on any atom is 0.162 e. The van der Waals surface area contributed by atoms with Gasteiger partial charge in [-0.05, 0) is 26.0 Å². The summed E-state index contributed by atoms with van der Waals surface area (Å²) in [6, 6.07) is 5.90. The third-order valence-corrected chi connectivity index (χ3v) is 2.81. The Morgan fingerprint density at radius 2 is 1.78 bits per heavy atom. The highest BCUT2D eigenvalue weighted by Gasteiger charge is 2.10. The third kappa shape index (κ3) is 2.18. The second-order valence-electron chi connectivity index (χ2n) is 4.07. The van der Waals surface area contributed by atoms with E-state index < -0.39 is 0 Å². The highest BCUT2D eigenvalue weighted by atomic mass is 16.5. The van der Waals surface area contributed by atoms with Crippen molar-refractivity contribution in [3.8, 4) is 11.5 Å². The first-order valence-electron chi connectivity index (χ1n) is 5.96. The molecule has 2 aromatic rings. The van der Waals surface area contributed by atoms with E-state index in [1.54, 1.807) is 14.2 Å². The van der Waals surface area contributed by atoms with E-state index in [1.807, 2.05) is 25.1 Å². The number of nitrogens with zero attached hydrogens (tertiary/aromatic N) is 1. The van der Waals surface area contributed by atoms with Gasteiger partial charge in [-0.25, -0.2) is 0 Å². The minimum atomic E-state index is 0.700. The molecule has 4 heteroatoms. The molecule has 0 unspecified atom stereocenters.